The summed E-state index contributed by atoms with van der Waals surface area (Å²) in [5.74, 6) is 0.921. The lowest BCUT2D eigenvalue weighted by atomic mass is 10.1. The van der Waals surface area contributed by atoms with Gasteiger partial charge in [0.15, 0.2) is 0 Å². The lowest BCUT2D eigenvalue weighted by Crippen LogP contribution is -2.27. The van der Waals surface area contributed by atoms with E-state index in [2.05, 4.69) is 47.2 Å². The lowest BCUT2D eigenvalue weighted by Gasteiger charge is -2.16. The molecule has 1 unspecified atom stereocenters. The summed E-state index contributed by atoms with van der Waals surface area (Å²) in [6, 6.07) is 8.49. The van der Waals surface area contributed by atoms with E-state index >= 15 is 0 Å². The summed E-state index contributed by atoms with van der Waals surface area (Å²) >= 11 is 3.48. The van der Waals surface area contributed by atoms with Crippen molar-refractivity contribution in [1.29, 1.82) is 5.26 Å². The average Bonchev–Trinajstić information content (AvgIpc) is 2.42. The summed E-state index contributed by atoms with van der Waals surface area (Å²) in [6.07, 6.45) is 2.48. The minimum absolute atomic E-state index is 0.239. The molecule has 1 rings (SSSR count). The van der Waals surface area contributed by atoms with Gasteiger partial charge in [0.05, 0.1) is 19.1 Å². The van der Waals surface area contributed by atoms with Gasteiger partial charge in [0.25, 0.3) is 0 Å². The van der Waals surface area contributed by atoms with Gasteiger partial charge in [-0.1, -0.05) is 29.8 Å². The van der Waals surface area contributed by atoms with Crippen LogP contribution in [0.1, 0.15) is 38.7 Å². The first-order valence-electron chi connectivity index (χ1n) is 6.72. The van der Waals surface area contributed by atoms with E-state index in [4.69, 9.17) is 10.00 Å². The zero-order chi connectivity index (χ0) is 14.1. The Morgan fingerprint density at radius 2 is 2.21 bits per heavy atom. The summed E-state index contributed by atoms with van der Waals surface area (Å²) in [4.78, 5) is 0. The van der Waals surface area contributed by atoms with E-state index in [0.717, 1.165) is 41.8 Å². The molecule has 0 bridgehead atoms. The smallest absolute Gasteiger partial charge is 0.123 e. The number of nitriles is 1. The number of nitrogens with one attached hydrogen (secondary N) is 1. The maximum atomic E-state index is 8.76. The van der Waals surface area contributed by atoms with Crippen LogP contribution in [0.3, 0.4) is 0 Å². The fraction of sp³-hybridized carbons (Fsp3) is 0.533. The van der Waals surface area contributed by atoms with Gasteiger partial charge in [0, 0.05) is 22.6 Å². The Morgan fingerprint density at radius 1 is 1.42 bits per heavy atom. The molecule has 0 radical (unpaired) electrons. The molecule has 1 aromatic rings. The highest BCUT2D eigenvalue weighted by Gasteiger charge is 2.08. The number of halogens is 1. The van der Waals surface area contributed by atoms with Crippen molar-refractivity contribution in [3.63, 3.8) is 0 Å². The van der Waals surface area contributed by atoms with E-state index in [-0.39, 0.29) is 6.04 Å². The van der Waals surface area contributed by atoms with Gasteiger partial charge in [-0.2, -0.15) is 5.26 Å². The second-order valence-corrected chi connectivity index (χ2v) is 5.36. The van der Waals surface area contributed by atoms with Crippen molar-refractivity contribution in [2.24, 2.45) is 0 Å². The van der Waals surface area contributed by atoms with Gasteiger partial charge in [0.2, 0.25) is 0 Å². The van der Waals surface area contributed by atoms with Crippen LogP contribution in [0.4, 0.5) is 0 Å². The first-order chi connectivity index (χ1) is 9.21. The monoisotopic (exact) mass is 324 g/mol. The van der Waals surface area contributed by atoms with Crippen LogP contribution in [-0.4, -0.2) is 12.6 Å². The van der Waals surface area contributed by atoms with Gasteiger partial charge < -0.3 is 10.1 Å². The van der Waals surface area contributed by atoms with E-state index in [1.807, 2.05) is 12.1 Å². The molecule has 104 valence electrons. The number of benzene rings is 1. The van der Waals surface area contributed by atoms with E-state index in [0.29, 0.717) is 6.42 Å². The van der Waals surface area contributed by atoms with Crippen molar-refractivity contribution in [3.05, 3.63) is 28.2 Å². The van der Waals surface area contributed by atoms with Crippen LogP contribution in [0.25, 0.3) is 0 Å². The molecule has 0 fully saturated rings. The second kappa shape index (κ2) is 8.95. The minimum Gasteiger partial charge on any atom is -0.493 e. The molecule has 0 heterocycles. The van der Waals surface area contributed by atoms with Gasteiger partial charge in [-0.3, -0.25) is 0 Å². The Labute approximate surface area is 124 Å². The maximum Gasteiger partial charge on any atom is 0.123 e. The number of hydrogen-bond acceptors (Lipinski definition) is 3. The van der Waals surface area contributed by atoms with Crippen LogP contribution in [-0.2, 0) is 6.54 Å². The minimum atomic E-state index is 0.239. The summed E-state index contributed by atoms with van der Waals surface area (Å²) in [7, 11) is 0. The molecule has 0 aromatic heterocycles. The highest BCUT2D eigenvalue weighted by Crippen LogP contribution is 2.23. The molecule has 19 heavy (non-hydrogen) atoms. The van der Waals surface area contributed by atoms with Crippen LogP contribution in [0.5, 0.6) is 5.75 Å². The molecule has 0 aliphatic rings. The normalized spacial score (nSPS) is 11.9. The fourth-order valence-corrected chi connectivity index (χ4v) is 2.17. The van der Waals surface area contributed by atoms with Gasteiger partial charge in [-0.25, -0.2) is 0 Å². The molecular formula is C15H21BrN2O. The van der Waals surface area contributed by atoms with Crippen molar-refractivity contribution in [2.75, 3.05) is 6.61 Å². The third-order valence-electron chi connectivity index (χ3n) is 2.90. The number of rotatable bonds is 8. The van der Waals surface area contributed by atoms with Crippen LogP contribution in [0.2, 0.25) is 0 Å². The predicted molar refractivity (Wildman–Crippen MR) is 81.1 cm³/mol. The molecule has 0 spiro atoms. The molecular weight excluding hydrogens is 304 g/mol. The first kappa shape index (κ1) is 16.0. The van der Waals surface area contributed by atoms with Crippen molar-refractivity contribution < 1.29 is 4.74 Å². The third-order valence-corrected chi connectivity index (χ3v) is 3.39. The molecule has 0 aliphatic heterocycles. The van der Waals surface area contributed by atoms with E-state index in [1.54, 1.807) is 0 Å². The Hall–Kier alpha value is -1.05. The van der Waals surface area contributed by atoms with Crippen LogP contribution in [0.15, 0.2) is 22.7 Å². The Balaban J connectivity index is 2.69. The molecule has 0 aliphatic carbocycles. The third kappa shape index (κ3) is 5.63. The SMILES string of the molecule is CCCOc1ccc(Br)cc1CNC(CC)CC#N. The topological polar surface area (TPSA) is 45.0 Å². The Bertz CT molecular complexity index is 429. The molecule has 1 aromatic carbocycles. The van der Waals surface area contributed by atoms with Gasteiger partial charge in [-0.15, -0.1) is 0 Å². The molecule has 0 saturated heterocycles. The molecule has 3 nitrogen and oxygen atoms in total. The van der Waals surface area contributed by atoms with Crippen molar-refractivity contribution in [1.82, 2.24) is 5.32 Å². The van der Waals surface area contributed by atoms with Gasteiger partial charge in [-0.05, 0) is 31.0 Å². The van der Waals surface area contributed by atoms with Crippen molar-refractivity contribution in [3.8, 4) is 11.8 Å². The summed E-state index contributed by atoms with van der Waals surface area (Å²) in [6.45, 7) is 5.63. The van der Waals surface area contributed by atoms with Gasteiger partial charge in [0.1, 0.15) is 5.75 Å². The molecule has 0 saturated carbocycles. The number of hydrogen-bond donors (Lipinski definition) is 1. The van der Waals surface area contributed by atoms with E-state index in [1.165, 1.54) is 0 Å². The van der Waals surface area contributed by atoms with Crippen LogP contribution < -0.4 is 10.1 Å². The quantitative estimate of drug-likeness (QED) is 0.785. The summed E-state index contributed by atoms with van der Waals surface area (Å²) < 4.78 is 6.78. The van der Waals surface area contributed by atoms with Crippen molar-refractivity contribution >= 4 is 15.9 Å². The Morgan fingerprint density at radius 3 is 2.84 bits per heavy atom. The van der Waals surface area contributed by atoms with E-state index in [9.17, 15) is 0 Å². The zero-order valence-electron chi connectivity index (χ0n) is 11.6. The summed E-state index contributed by atoms with van der Waals surface area (Å²) in [5, 5.41) is 12.2. The Kier molecular flexibility index (Phi) is 7.54. The van der Waals surface area contributed by atoms with E-state index < -0.39 is 0 Å². The maximum absolute atomic E-state index is 8.76. The molecule has 1 N–H and O–H groups in total. The largest absolute Gasteiger partial charge is 0.493 e. The molecule has 4 heteroatoms. The van der Waals surface area contributed by atoms with Crippen molar-refractivity contribution in [2.45, 2.75) is 45.7 Å². The van der Waals surface area contributed by atoms with Crippen LogP contribution >= 0.6 is 15.9 Å². The first-order valence-corrected chi connectivity index (χ1v) is 7.52. The highest BCUT2D eigenvalue weighted by molar-refractivity contribution is 9.10. The summed E-state index contributed by atoms with van der Waals surface area (Å²) in [5.41, 5.74) is 1.12. The lowest BCUT2D eigenvalue weighted by molar-refractivity contribution is 0.312. The van der Waals surface area contributed by atoms with Crippen LogP contribution in [0, 0.1) is 11.3 Å². The standard InChI is InChI=1S/C15H21BrN2O/c1-3-9-19-15-6-5-13(16)10-12(15)11-18-14(4-2)7-8-17/h5-6,10,14,18H,3-4,7,9,11H2,1-2H3. The number of ether oxygens (including phenoxy) is 1. The zero-order valence-corrected chi connectivity index (χ0v) is 13.2. The highest BCUT2D eigenvalue weighted by atomic mass is 79.9. The molecule has 1 atom stereocenters. The average molecular weight is 325 g/mol. The second-order valence-electron chi connectivity index (χ2n) is 4.45. The molecule has 0 amide bonds. The predicted octanol–water partition coefficient (Wildman–Crippen LogP) is 4.02. The fourth-order valence-electron chi connectivity index (χ4n) is 1.76. The van der Waals surface area contributed by atoms with Gasteiger partial charge >= 0.3 is 0 Å². The number of nitrogens with zero attached hydrogens (tertiary/aromatic N) is 1.